The van der Waals surface area contributed by atoms with E-state index in [1.54, 1.807) is 6.20 Å². The van der Waals surface area contributed by atoms with Crippen LogP contribution in [0.3, 0.4) is 0 Å². The fraction of sp³-hybridized carbons (Fsp3) is 0.250. The summed E-state index contributed by atoms with van der Waals surface area (Å²) in [5, 5.41) is 0. The van der Waals surface area contributed by atoms with Crippen molar-refractivity contribution in [1.82, 2.24) is 14.5 Å². The predicted octanol–water partition coefficient (Wildman–Crippen LogP) is 2.01. The van der Waals surface area contributed by atoms with Gasteiger partial charge < -0.3 is 0 Å². The Morgan fingerprint density at radius 3 is 2.56 bits per heavy atom. The topological polar surface area (TPSA) is 47.8 Å². The van der Waals surface area contributed by atoms with Crippen LogP contribution in [-0.2, 0) is 0 Å². The Hall–Kier alpha value is -1.97. The summed E-state index contributed by atoms with van der Waals surface area (Å²) in [6, 6.07) is 1.82. The minimum Gasteiger partial charge on any atom is -0.298 e. The normalized spacial score (nSPS) is 10.4. The van der Waals surface area contributed by atoms with Gasteiger partial charge in [0.15, 0.2) is 6.29 Å². The Kier molecular flexibility index (Phi) is 2.56. The highest BCUT2D eigenvalue weighted by atomic mass is 16.1. The average molecular weight is 215 g/mol. The van der Waals surface area contributed by atoms with E-state index in [2.05, 4.69) is 9.97 Å². The van der Waals surface area contributed by atoms with Gasteiger partial charge in [-0.05, 0) is 32.4 Å². The summed E-state index contributed by atoms with van der Waals surface area (Å²) in [4.78, 5) is 19.2. The molecule has 0 atom stereocenters. The van der Waals surface area contributed by atoms with Crippen LogP contribution in [0.15, 0.2) is 18.5 Å². The van der Waals surface area contributed by atoms with E-state index in [9.17, 15) is 4.79 Å². The van der Waals surface area contributed by atoms with Gasteiger partial charge in [0.2, 0.25) is 0 Å². The van der Waals surface area contributed by atoms with Crippen LogP contribution in [0, 0.1) is 20.8 Å². The summed E-state index contributed by atoms with van der Waals surface area (Å²) in [7, 11) is 0. The Balaban J connectivity index is 2.56. The van der Waals surface area contributed by atoms with Crippen molar-refractivity contribution in [2.75, 3.05) is 0 Å². The quantitative estimate of drug-likeness (QED) is 0.720. The maximum Gasteiger partial charge on any atom is 0.151 e. The van der Waals surface area contributed by atoms with Gasteiger partial charge in [-0.25, -0.2) is 9.97 Å². The Bertz CT molecular complexity index is 543. The van der Waals surface area contributed by atoms with Crippen LogP contribution in [0.2, 0.25) is 0 Å². The van der Waals surface area contributed by atoms with Crippen molar-refractivity contribution >= 4 is 6.29 Å². The van der Waals surface area contributed by atoms with E-state index < -0.39 is 0 Å². The van der Waals surface area contributed by atoms with Crippen molar-refractivity contribution in [3.63, 3.8) is 0 Å². The third-order valence-corrected chi connectivity index (χ3v) is 2.44. The van der Waals surface area contributed by atoms with E-state index >= 15 is 0 Å². The zero-order valence-corrected chi connectivity index (χ0v) is 9.56. The van der Waals surface area contributed by atoms with Crippen LogP contribution in [0.5, 0.6) is 0 Å². The third kappa shape index (κ3) is 1.74. The number of aldehydes is 1. The lowest BCUT2D eigenvalue weighted by Crippen LogP contribution is -2.02. The number of carbonyl (C=O) groups is 1. The molecule has 0 N–H and O–H groups in total. The maximum absolute atomic E-state index is 10.6. The second-order valence-electron chi connectivity index (χ2n) is 3.83. The van der Waals surface area contributed by atoms with Gasteiger partial charge in [0.05, 0.1) is 5.69 Å². The van der Waals surface area contributed by atoms with Crippen molar-refractivity contribution in [1.29, 1.82) is 0 Å². The minimum atomic E-state index is 0.593. The van der Waals surface area contributed by atoms with E-state index in [-0.39, 0.29) is 0 Å². The number of hydrogen-bond donors (Lipinski definition) is 0. The fourth-order valence-corrected chi connectivity index (χ4v) is 1.74. The van der Waals surface area contributed by atoms with Gasteiger partial charge in [-0.1, -0.05) is 0 Å². The minimum absolute atomic E-state index is 0.593. The Morgan fingerprint density at radius 2 is 2.06 bits per heavy atom. The molecule has 2 aromatic rings. The first-order chi connectivity index (χ1) is 7.61. The van der Waals surface area contributed by atoms with E-state index in [1.807, 2.05) is 37.6 Å². The maximum atomic E-state index is 10.6. The van der Waals surface area contributed by atoms with Gasteiger partial charge in [-0.2, -0.15) is 0 Å². The third-order valence-electron chi connectivity index (χ3n) is 2.44. The molecule has 0 amide bonds. The molecule has 0 aromatic carbocycles. The molecular weight excluding hydrogens is 202 g/mol. The van der Waals surface area contributed by atoms with Crippen molar-refractivity contribution < 1.29 is 4.79 Å². The van der Waals surface area contributed by atoms with Crippen LogP contribution in [0.1, 0.15) is 27.4 Å². The molecular formula is C12H13N3O. The number of carbonyl (C=O) groups excluding carboxylic acids is 1. The van der Waals surface area contributed by atoms with Crippen molar-refractivity contribution in [3.8, 4) is 5.82 Å². The molecule has 0 saturated carbocycles. The van der Waals surface area contributed by atoms with Gasteiger partial charge in [0.25, 0.3) is 0 Å². The smallest absolute Gasteiger partial charge is 0.151 e. The number of aryl methyl sites for hydroxylation is 3. The molecule has 4 nitrogen and oxygen atoms in total. The molecule has 16 heavy (non-hydrogen) atoms. The highest BCUT2D eigenvalue weighted by molar-refractivity contribution is 5.74. The average Bonchev–Trinajstić information content (AvgIpc) is 2.57. The first-order valence-corrected chi connectivity index (χ1v) is 5.06. The Morgan fingerprint density at radius 1 is 1.31 bits per heavy atom. The second-order valence-corrected chi connectivity index (χ2v) is 3.83. The number of rotatable bonds is 2. The largest absolute Gasteiger partial charge is 0.298 e. The first-order valence-electron chi connectivity index (χ1n) is 5.06. The highest BCUT2D eigenvalue weighted by Gasteiger charge is 2.07. The number of nitrogens with zero attached hydrogens (tertiary/aromatic N) is 3. The molecule has 0 bridgehead atoms. The van der Waals surface area contributed by atoms with Crippen molar-refractivity contribution in [2.24, 2.45) is 0 Å². The highest BCUT2D eigenvalue weighted by Crippen LogP contribution is 2.14. The van der Waals surface area contributed by atoms with Crippen LogP contribution < -0.4 is 0 Å². The summed E-state index contributed by atoms with van der Waals surface area (Å²) >= 11 is 0. The molecule has 2 heterocycles. The zero-order chi connectivity index (χ0) is 11.7. The standard InChI is InChI=1S/C12H13N3O/c1-8-4-11(7-16)5-13-12(8)15-6-9(2)14-10(15)3/h4-7H,1-3H3. The molecule has 2 rings (SSSR count). The molecule has 0 aliphatic heterocycles. The number of pyridine rings is 1. The predicted molar refractivity (Wildman–Crippen MR) is 61.0 cm³/mol. The lowest BCUT2D eigenvalue weighted by atomic mass is 10.2. The molecule has 0 saturated heterocycles. The number of aromatic nitrogens is 3. The van der Waals surface area contributed by atoms with Crippen molar-refractivity contribution in [2.45, 2.75) is 20.8 Å². The van der Waals surface area contributed by atoms with Crippen LogP contribution in [0.4, 0.5) is 0 Å². The summed E-state index contributed by atoms with van der Waals surface area (Å²) in [6.07, 6.45) is 4.31. The monoisotopic (exact) mass is 215 g/mol. The van der Waals surface area contributed by atoms with E-state index in [4.69, 9.17) is 0 Å². The van der Waals surface area contributed by atoms with Crippen LogP contribution in [0.25, 0.3) is 5.82 Å². The molecule has 0 spiro atoms. The van der Waals surface area contributed by atoms with Gasteiger partial charge in [-0.3, -0.25) is 9.36 Å². The molecule has 0 fully saturated rings. The van der Waals surface area contributed by atoms with Gasteiger partial charge in [0, 0.05) is 18.0 Å². The summed E-state index contributed by atoms with van der Waals surface area (Å²) in [5.74, 6) is 1.72. The van der Waals surface area contributed by atoms with E-state index in [0.29, 0.717) is 5.56 Å². The van der Waals surface area contributed by atoms with E-state index in [0.717, 1.165) is 29.2 Å². The Labute approximate surface area is 94.0 Å². The summed E-state index contributed by atoms with van der Waals surface area (Å²) < 4.78 is 1.93. The lowest BCUT2D eigenvalue weighted by Gasteiger charge is -2.07. The zero-order valence-electron chi connectivity index (χ0n) is 9.56. The van der Waals surface area contributed by atoms with Crippen molar-refractivity contribution in [3.05, 3.63) is 41.1 Å². The van der Waals surface area contributed by atoms with E-state index in [1.165, 1.54) is 0 Å². The second kappa shape index (κ2) is 3.89. The molecule has 0 unspecified atom stereocenters. The first kappa shape index (κ1) is 10.5. The molecule has 0 aliphatic rings. The molecule has 2 aromatic heterocycles. The number of imidazole rings is 1. The molecule has 4 heteroatoms. The summed E-state index contributed by atoms with van der Waals surface area (Å²) in [6.45, 7) is 5.81. The molecule has 82 valence electrons. The van der Waals surface area contributed by atoms with Gasteiger partial charge in [0.1, 0.15) is 11.6 Å². The SMILES string of the molecule is Cc1cn(-c2ncc(C=O)cc2C)c(C)n1. The summed E-state index contributed by atoms with van der Waals surface area (Å²) in [5.41, 5.74) is 2.51. The molecule has 0 radical (unpaired) electrons. The fourth-order valence-electron chi connectivity index (χ4n) is 1.74. The number of hydrogen-bond acceptors (Lipinski definition) is 3. The molecule has 0 aliphatic carbocycles. The van der Waals surface area contributed by atoms with Crippen LogP contribution >= 0.6 is 0 Å². The van der Waals surface area contributed by atoms with Gasteiger partial charge in [-0.15, -0.1) is 0 Å². The van der Waals surface area contributed by atoms with Crippen LogP contribution in [-0.4, -0.2) is 20.8 Å². The van der Waals surface area contributed by atoms with Gasteiger partial charge >= 0.3 is 0 Å². The lowest BCUT2D eigenvalue weighted by molar-refractivity contribution is 0.112.